The molecule has 2 rings (SSSR count). The standard InChI is InChI=1S/C13H17Cl2N/c1-13(2,10-4-5-10)16-8-9-3-6-11(14)12(15)7-9/h3,6-7,10,16H,4-5,8H2,1-2H3. The molecule has 0 atom stereocenters. The molecule has 1 saturated carbocycles. The third-order valence-corrected chi connectivity index (χ3v) is 4.07. The molecule has 0 saturated heterocycles. The summed E-state index contributed by atoms with van der Waals surface area (Å²) in [7, 11) is 0. The van der Waals surface area contributed by atoms with Gasteiger partial charge in [0.25, 0.3) is 0 Å². The van der Waals surface area contributed by atoms with Gasteiger partial charge in [0.15, 0.2) is 0 Å². The number of hydrogen-bond acceptors (Lipinski definition) is 1. The highest BCUT2D eigenvalue weighted by Gasteiger charge is 2.37. The minimum absolute atomic E-state index is 0.228. The van der Waals surface area contributed by atoms with Gasteiger partial charge < -0.3 is 5.32 Å². The third-order valence-electron chi connectivity index (χ3n) is 3.33. The zero-order valence-electron chi connectivity index (χ0n) is 9.69. The van der Waals surface area contributed by atoms with Crippen LogP contribution >= 0.6 is 23.2 Å². The average molecular weight is 258 g/mol. The summed E-state index contributed by atoms with van der Waals surface area (Å²) in [5.41, 5.74) is 1.41. The average Bonchev–Trinajstić information content (AvgIpc) is 3.03. The van der Waals surface area contributed by atoms with Crippen molar-refractivity contribution >= 4 is 23.2 Å². The second-order valence-corrected chi connectivity index (χ2v) is 5.91. The van der Waals surface area contributed by atoms with Crippen LogP contribution in [0.1, 0.15) is 32.3 Å². The molecule has 0 radical (unpaired) electrons. The third kappa shape index (κ3) is 2.91. The van der Waals surface area contributed by atoms with E-state index in [1.807, 2.05) is 18.2 Å². The molecule has 1 aliphatic carbocycles. The number of nitrogens with one attached hydrogen (secondary N) is 1. The quantitative estimate of drug-likeness (QED) is 0.850. The minimum Gasteiger partial charge on any atom is -0.307 e. The van der Waals surface area contributed by atoms with E-state index in [-0.39, 0.29) is 5.54 Å². The second-order valence-electron chi connectivity index (χ2n) is 5.10. The second kappa shape index (κ2) is 4.56. The van der Waals surface area contributed by atoms with E-state index in [2.05, 4.69) is 19.2 Å². The lowest BCUT2D eigenvalue weighted by atomic mass is 9.98. The molecule has 0 aromatic heterocycles. The Morgan fingerprint density at radius 1 is 1.25 bits per heavy atom. The van der Waals surface area contributed by atoms with Crippen LogP contribution in [-0.4, -0.2) is 5.54 Å². The van der Waals surface area contributed by atoms with Gasteiger partial charge in [-0.2, -0.15) is 0 Å². The van der Waals surface area contributed by atoms with Crippen molar-refractivity contribution in [1.82, 2.24) is 5.32 Å². The van der Waals surface area contributed by atoms with Gasteiger partial charge in [0.1, 0.15) is 0 Å². The molecule has 88 valence electrons. The summed E-state index contributed by atoms with van der Waals surface area (Å²) in [6.07, 6.45) is 2.70. The Morgan fingerprint density at radius 3 is 2.50 bits per heavy atom. The summed E-state index contributed by atoms with van der Waals surface area (Å²) in [4.78, 5) is 0. The highest BCUT2D eigenvalue weighted by Crippen LogP contribution is 2.39. The summed E-state index contributed by atoms with van der Waals surface area (Å²) in [6.45, 7) is 5.38. The van der Waals surface area contributed by atoms with E-state index in [4.69, 9.17) is 23.2 Å². The Kier molecular flexibility index (Phi) is 3.48. The van der Waals surface area contributed by atoms with Crippen LogP contribution in [0.4, 0.5) is 0 Å². The highest BCUT2D eigenvalue weighted by atomic mass is 35.5. The van der Waals surface area contributed by atoms with Gasteiger partial charge in [0.2, 0.25) is 0 Å². The highest BCUT2D eigenvalue weighted by molar-refractivity contribution is 6.42. The molecule has 3 heteroatoms. The van der Waals surface area contributed by atoms with Crippen LogP contribution in [0.25, 0.3) is 0 Å². The molecule has 1 N–H and O–H groups in total. The first kappa shape index (κ1) is 12.2. The molecule has 1 aromatic rings. The SMILES string of the molecule is CC(C)(NCc1ccc(Cl)c(Cl)c1)C1CC1. The molecule has 0 aliphatic heterocycles. The fraction of sp³-hybridized carbons (Fsp3) is 0.538. The Morgan fingerprint density at radius 2 is 1.94 bits per heavy atom. The van der Waals surface area contributed by atoms with Gasteiger partial charge >= 0.3 is 0 Å². The summed E-state index contributed by atoms with van der Waals surface area (Å²) >= 11 is 11.9. The summed E-state index contributed by atoms with van der Waals surface area (Å²) in [5.74, 6) is 0.829. The molecule has 1 nitrogen and oxygen atoms in total. The molecule has 0 bridgehead atoms. The lowest BCUT2D eigenvalue weighted by Gasteiger charge is -2.26. The first-order chi connectivity index (χ1) is 7.49. The van der Waals surface area contributed by atoms with E-state index in [0.29, 0.717) is 10.0 Å². The Balaban J connectivity index is 1.96. The van der Waals surface area contributed by atoms with Crippen molar-refractivity contribution in [2.75, 3.05) is 0 Å². The predicted octanol–water partition coefficient (Wildman–Crippen LogP) is 4.27. The molecule has 0 unspecified atom stereocenters. The molecule has 0 amide bonds. The van der Waals surface area contributed by atoms with Crippen LogP contribution in [0.3, 0.4) is 0 Å². The molecular formula is C13H17Cl2N. The Bertz CT molecular complexity index is 384. The molecule has 1 aliphatic rings. The zero-order chi connectivity index (χ0) is 11.8. The van der Waals surface area contributed by atoms with Gasteiger partial charge in [0.05, 0.1) is 10.0 Å². The van der Waals surface area contributed by atoms with Crippen molar-refractivity contribution < 1.29 is 0 Å². The number of benzene rings is 1. The molecule has 16 heavy (non-hydrogen) atoms. The van der Waals surface area contributed by atoms with E-state index in [1.165, 1.54) is 18.4 Å². The summed E-state index contributed by atoms with van der Waals surface area (Å²) in [6, 6.07) is 5.80. The van der Waals surface area contributed by atoms with Crippen molar-refractivity contribution in [2.24, 2.45) is 5.92 Å². The van der Waals surface area contributed by atoms with Crippen LogP contribution in [0.5, 0.6) is 0 Å². The van der Waals surface area contributed by atoms with Gasteiger partial charge in [0, 0.05) is 12.1 Å². The topological polar surface area (TPSA) is 12.0 Å². The van der Waals surface area contributed by atoms with Crippen molar-refractivity contribution in [3.05, 3.63) is 33.8 Å². The van der Waals surface area contributed by atoms with Gasteiger partial charge in [-0.05, 0) is 50.3 Å². The van der Waals surface area contributed by atoms with Crippen molar-refractivity contribution in [1.29, 1.82) is 0 Å². The lowest BCUT2D eigenvalue weighted by molar-refractivity contribution is 0.339. The number of halogens is 2. The van der Waals surface area contributed by atoms with Gasteiger partial charge in [-0.25, -0.2) is 0 Å². The van der Waals surface area contributed by atoms with E-state index in [9.17, 15) is 0 Å². The first-order valence-corrected chi connectivity index (χ1v) is 6.43. The van der Waals surface area contributed by atoms with Crippen LogP contribution in [-0.2, 0) is 6.54 Å². The zero-order valence-corrected chi connectivity index (χ0v) is 11.2. The predicted molar refractivity (Wildman–Crippen MR) is 70.1 cm³/mol. The van der Waals surface area contributed by atoms with E-state index in [0.717, 1.165) is 12.5 Å². The van der Waals surface area contributed by atoms with Crippen LogP contribution in [0.15, 0.2) is 18.2 Å². The van der Waals surface area contributed by atoms with Crippen LogP contribution in [0.2, 0.25) is 10.0 Å². The van der Waals surface area contributed by atoms with Gasteiger partial charge in [-0.15, -0.1) is 0 Å². The Hall–Kier alpha value is -0.240. The van der Waals surface area contributed by atoms with Gasteiger partial charge in [-0.3, -0.25) is 0 Å². The first-order valence-electron chi connectivity index (χ1n) is 5.68. The molecular weight excluding hydrogens is 241 g/mol. The van der Waals surface area contributed by atoms with E-state index >= 15 is 0 Å². The van der Waals surface area contributed by atoms with E-state index in [1.54, 1.807) is 0 Å². The van der Waals surface area contributed by atoms with Gasteiger partial charge in [-0.1, -0.05) is 29.3 Å². The van der Waals surface area contributed by atoms with Crippen LogP contribution in [0, 0.1) is 5.92 Å². The van der Waals surface area contributed by atoms with E-state index < -0.39 is 0 Å². The number of rotatable bonds is 4. The summed E-state index contributed by atoms with van der Waals surface area (Å²) in [5, 5.41) is 4.83. The molecule has 1 aromatic carbocycles. The molecule has 0 heterocycles. The maximum atomic E-state index is 5.98. The largest absolute Gasteiger partial charge is 0.307 e. The molecule has 1 fully saturated rings. The molecule has 0 spiro atoms. The van der Waals surface area contributed by atoms with Crippen LogP contribution < -0.4 is 5.32 Å². The maximum Gasteiger partial charge on any atom is 0.0595 e. The smallest absolute Gasteiger partial charge is 0.0595 e. The van der Waals surface area contributed by atoms with Crippen molar-refractivity contribution in [3.63, 3.8) is 0 Å². The van der Waals surface area contributed by atoms with Crippen molar-refractivity contribution in [2.45, 2.75) is 38.8 Å². The monoisotopic (exact) mass is 257 g/mol. The normalized spacial score (nSPS) is 16.5. The maximum absolute atomic E-state index is 5.98. The van der Waals surface area contributed by atoms with Crippen molar-refractivity contribution in [3.8, 4) is 0 Å². The fourth-order valence-electron chi connectivity index (χ4n) is 1.93. The summed E-state index contributed by atoms with van der Waals surface area (Å²) < 4.78 is 0. The number of hydrogen-bond donors (Lipinski definition) is 1. The lowest BCUT2D eigenvalue weighted by Crippen LogP contribution is -2.40. The minimum atomic E-state index is 0.228. The Labute approximate surface area is 107 Å². The fourth-order valence-corrected chi connectivity index (χ4v) is 2.25.